The molecule has 13 heavy (non-hydrogen) atoms. The molecule has 0 saturated carbocycles. The Bertz CT molecular complexity index is 186. The normalized spacial score (nSPS) is 44.8. The molecule has 2 saturated heterocycles. The topological polar surface area (TPSA) is 47.9 Å². The maximum atomic E-state index is 9.30. The van der Waals surface area contributed by atoms with Gasteiger partial charge in [-0.15, -0.1) is 0 Å². The molecule has 0 spiro atoms. The van der Waals surface area contributed by atoms with E-state index in [4.69, 9.17) is 14.2 Å². The summed E-state index contributed by atoms with van der Waals surface area (Å²) >= 11 is 0. The predicted molar refractivity (Wildman–Crippen MR) is 45.0 cm³/mol. The molecule has 0 aromatic heterocycles. The van der Waals surface area contributed by atoms with E-state index in [0.29, 0.717) is 6.42 Å². The summed E-state index contributed by atoms with van der Waals surface area (Å²) in [6, 6.07) is 0. The predicted octanol–water partition coefficient (Wildman–Crippen LogP) is 0.634. The number of hydrogen-bond acceptors (Lipinski definition) is 4. The smallest absolute Gasteiger partial charge is 0.187 e. The lowest BCUT2D eigenvalue weighted by molar-refractivity contribution is -0.212. The molecule has 1 N–H and O–H groups in total. The van der Waals surface area contributed by atoms with Crippen molar-refractivity contribution in [1.29, 1.82) is 0 Å². The number of aliphatic hydroxyl groups is 1. The molecule has 2 aliphatic heterocycles. The molecule has 1 unspecified atom stereocenters. The Labute approximate surface area is 77.8 Å². The van der Waals surface area contributed by atoms with E-state index in [1.54, 1.807) is 6.92 Å². The summed E-state index contributed by atoms with van der Waals surface area (Å²) in [5.74, 6) is -0.543. The minimum absolute atomic E-state index is 0.0189. The maximum Gasteiger partial charge on any atom is 0.187 e. The molecule has 4 nitrogen and oxygen atoms in total. The molecule has 0 aliphatic carbocycles. The quantitative estimate of drug-likeness (QED) is 0.655. The molecule has 0 radical (unpaired) electrons. The second-order valence-electron chi connectivity index (χ2n) is 4.19. The highest BCUT2D eigenvalue weighted by molar-refractivity contribution is 4.86. The first-order valence-corrected chi connectivity index (χ1v) is 4.67. The Hall–Kier alpha value is -0.160. The molecular formula is C9H16O4. The van der Waals surface area contributed by atoms with Gasteiger partial charge in [-0.2, -0.15) is 0 Å². The molecule has 4 heteroatoms. The van der Waals surface area contributed by atoms with Gasteiger partial charge < -0.3 is 19.3 Å². The van der Waals surface area contributed by atoms with E-state index in [1.165, 1.54) is 0 Å². The average Bonchev–Trinajstić information content (AvgIpc) is 2.39. The first-order chi connectivity index (χ1) is 5.98. The molecule has 2 heterocycles. The van der Waals surface area contributed by atoms with Crippen LogP contribution in [0.25, 0.3) is 0 Å². The van der Waals surface area contributed by atoms with Crippen LogP contribution in [0, 0.1) is 0 Å². The molecule has 0 bridgehead atoms. The van der Waals surface area contributed by atoms with Gasteiger partial charge >= 0.3 is 0 Å². The molecule has 2 aliphatic rings. The van der Waals surface area contributed by atoms with Crippen molar-refractivity contribution in [3.8, 4) is 0 Å². The number of rotatable bonds is 1. The van der Waals surface area contributed by atoms with Crippen molar-refractivity contribution < 1.29 is 19.3 Å². The molecular weight excluding hydrogens is 172 g/mol. The van der Waals surface area contributed by atoms with E-state index >= 15 is 0 Å². The largest absolute Gasteiger partial charge is 0.391 e. The third kappa shape index (κ3) is 1.72. The van der Waals surface area contributed by atoms with Crippen molar-refractivity contribution in [1.82, 2.24) is 0 Å². The Morgan fingerprint density at radius 2 is 2.08 bits per heavy atom. The van der Waals surface area contributed by atoms with Crippen LogP contribution in [-0.2, 0) is 14.2 Å². The second kappa shape index (κ2) is 2.92. The van der Waals surface area contributed by atoms with Crippen LogP contribution in [0.5, 0.6) is 0 Å². The van der Waals surface area contributed by atoms with E-state index in [0.717, 1.165) is 0 Å². The third-order valence-electron chi connectivity index (χ3n) is 2.45. The van der Waals surface area contributed by atoms with E-state index in [1.807, 2.05) is 13.8 Å². The summed E-state index contributed by atoms with van der Waals surface area (Å²) in [6.45, 7) is 5.45. The fourth-order valence-electron chi connectivity index (χ4n) is 1.85. The zero-order valence-electron chi connectivity index (χ0n) is 8.19. The molecule has 2 fully saturated rings. The average molecular weight is 188 g/mol. The Morgan fingerprint density at radius 1 is 1.38 bits per heavy atom. The highest BCUT2D eigenvalue weighted by atomic mass is 16.8. The summed E-state index contributed by atoms with van der Waals surface area (Å²) in [7, 11) is 0. The Balaban J connectivity index is 1.97. The Kier molecular flexibility index (Phi) is 2.11. The van der Waals surface area contributed by atoms with Crippen molar-refractivity contribution in [3.05, 3.63) is 0 Å². The lowest BCUT2D eigenvalue weighted by Gasteiger charge is -2.21. The van der Waals surface area contributed by atoms with Crippen molar-refractivity contribution in [2.24, 2.45) is 0 Å². The van der Waals surface area contributed by atoms with Gasteiger partial charge in [0.1, 0.15) is 6.10 Å². The summed E-state index contributed by atoms with van der Waals surface area (Å²) in [6.07, 6.45) is -0.206. The van der Waals surface area contributed by atoms with Gasteiger partial charge in [0, 0.05) is 6.42 Å². The van der Waals surface area contributed by atoms with Gasteiger partial charge in [0.05, 0.1) is 12.2 Å². The molecule has 2 rings (SSSR count). The van der Waals surface area contributed by atoms with Crippen LogP contribution >= 0.6 is 0 Å². The molecule has 4 atom stereocenters. The van der Waals surface area contributed by atoms with Crippen molar-refractivity contribution in [2.75, 3.05) is 0 Å². The number of fused-ring (bicyclic) bond motifs is 1. The monoisotopic (exact) mass is 188 g/mol. The molecule has 0 amide bonds. The SMILES string of the molecule is C[C@@H](O)[C@H]1C[C@H]2OC(C)(C)OC2O1. The van der Waals surface area contributed by atoms with Crippen molar-refractivity contribution >= 4 is 0 Å². The zero-order valence-corrected chi connectivity index (χ0v) is 8.19. The standard InChI is InChI=1S/C9H16O4/c1-5(10)6-4-7-8(11-6)13-9(2,3)12-7/h5-8,10H,4H2,1-3H3/t5-,6-,7-,8?/m1/s1. The minimum atomic E-state index is -0.543. The number of ether oxygens (including phenoxy) is 3. The summed E-state index contributed by atoms with van der Waals surface area (Å²) in [5.41, 5.74) is 0. The van der Waals surface area contributed by atoms with Gasteiger partial charge in [-0.25, -0.2) is 0 Å². The van der Waals surface area contributed by atoms with Crippen molar-refractivity contribution in [3.63, 3.8) is 0 Å². The highest BCUT2D eigenvalue weighted by Gasteiger charge is 2.49. The first kappa shape index (κ1) is 9.40. The fourth-order valence-corrected chi connectivity index (χ4v) is 1.85. The van der Waals surface area contributed by atoms with Crippen LogP contribution in [0.1, 0.15) is 27.2 Å². The first-order valence-electron chi connectivity index (χ1n) is 4.67. The van der Waals surface area contributed by atoms with Gasteiger partial charge in [0.25, 0.3) is 0 Å². The van der Waals surface area contributed by atoms with Gasteiger partial charge in [-0.1, -0.05) is 0 Å². The lowest BCUT2D eigenvalue weighted by atomic mass is 10.1. The van der Waals surface area contributed by atoms with Crippen LogP contribution in [0.15, 0.2) is 0 Å². The van der Waals surface area contributed by atoms with E-state index in [2.05, 4.69) is 0 Å². The Morgan fingerprint density at radius 3 is 2.62 bits per heavy atom. The van der Waals surface area contributed by atoms with E-state index in [9.17, 15) is 5.11 Å². The van der Waals surface area contributed by atoms with Crippen LogP contribution in [0.4, 0.5) is 0 Å². The van der Waals surface area contributed by atoms with Gasteiger partial charge in [-0.05, 0) is 20.8 Å². The summed E-state index contributed by atoms with van der Waals surface area (Å²) in [5, 5.41) is 9.30. The van der Waals surface area contributed by atoms with Gasteiger partial charge in [-0.3, -0.25) is 0 Å². The number of aliphatic hydroxyl groups excluding tert-OH is 1. The third-order valence-corrected chi connectivity index (χ3v) is 2.45. The fraction of sp³-hybridized carbons (Fsp3) is 1.00. The van der Waals surface area contributed by atoms with Crippen LogP contribution in [0.3, 0.4) is 0 Å². The van der Waals surface area contributed by atoms with E-state index < -0.39 is 11.9 Å². The van der Waals surface area contributed by atoms with Crippen LogP contribution in [0.2, 0.25) is 0 Å². The number of hydrogen-bond donors (Lipinski definition) is 1. The van der Waals surface area contributed by atoms with Crippen LogP contribution in [-0.4, -0.2) is 35.5 Å². The van der Waals surface area contributed by atoms with Crippen LogP contribution < -0.4 is 0 Å². The molecule has 76 valence electrons. The maximum absolute atomic E-state index is 9.30. The zero-order chi connectivity index (χ0) is 9.64. The highest BCUT2D eigenvalue weighted by Crippen LogP contribution is 2.37. The van der Waals surface area contributed by atoms with Gasteiger partial charge in [0.2, 0.25) is 0 Å². The minimum Gasteiger partial charge on any atom is -0.391 e. The van der Waals surface area contributed by atoms with E-state index in [-0.39, 0.29) is 18.5 Å². The summed E-state index contributed by atoms with van der Waals surface area (Å²) < 4.78 is 16.6. The van der Waals surface area contributed by atoms with Crippen molar-refractivity contribution in [2.45, 2.75) is 57.6 Å². The molecule has 0 aromatic carbocycles. The second-order valence-corrected chi connectivity index (χ2v) is 4.19. The molecule has 0 aromatic rings. The lowest BCUT2D eigenvalue weighted by Crippen LogP contribution is -2.28. The summed E-state index contributed by atoms with van der Waals surface area (Å²) in [4.78, 5) is 0. The van der Waals surface area contributed by atoms with Gasteiger partial charge in [0.15, 0.2) is 12.1 Å².